The van der Waals surface area contributed by atoms with Crippen LogP contribution in [0.15, 0.2) is 183 Å². The molecule has 0 spiro atoms. The molecule has 0 aliphatic heterocycles. The lowest BCUT2D eigenvalue weighted by Crippen LogP contribution is -1.96. The Balaban J connectivity index is 1.16. The summed E-state index contributed by atoms with van der Waals surface area (Å²) < 4.78 is 0. The molecule has 0 radical (unpaired) electrons. The Morgan fingerprint density at radius 2 is 0.729 bits per heavy atom. The van der Waals surface area contributed by atoms with Gasteiger partial charge in [0, 0.05) is 47.0 Å². The van der Waals surface area contributed by atoms with Crippen LogP contribution < -0.4 is 0 Å². The largest absolute Gasteiger partial charge is 0.265 e. The molecule has 0 fully saturated rings. The van der Waals surface area contributed by atoms with Crippen molar-refractivity contribution in [2.75, 3.05) is 0 Å². The second-order valence-corrected chi connectivity index (χ2v) is 11.6. The normalized spacial score (nSPS) is 10.9. The smallest absolute Gasteiger partial charge is 0.160 e. The highest BCUT2D eigenvalue weighted by molar-refractivity contribution is 5.78. The van der Waals surface area contributed by atoms with E-state index in [2.05, 4.69) is 143 Å². The lowest BCUT2D eigenvalue weighted by Gasteiger charge is -2.11. The second kappa shape index (κ2) is 13.1. The molecule has 0 amide bonds. The molecule has 0 aliphatic rings. The van der Waals surface area contributed by atoms with E-state index in [0.29, 0.717) is 5.82 Å². The van der Waals surface area contributed by atoms with Crippen LogP contribution in [-0.2, 0) is 0 Å². The van der Waals surface area contributed by atoms with Gasteiger partial charge in [-0.05, 0) is 69.3 Å². The lowest BCUT2D eigenvalue weighted by atomic mass is 9.98. The van der Waals surface area contributed by atoms with Gasteiger partial charge in [-0.3, -0.25) is 9.97 Å². The standard InChI is InChI=1S/C44H30N4/c1-2-6-31(7-3-1)32-11-17-36(18-12-32)42-29-43(48-44(47-42)38-21-15-33(16-22-38)35-23-26-45-27-24-35)37-19-13-34(14-20-37)39-8-4-9-40(28-39)41-10-5-25-46-30-41/h1-30H. The summed E-state index contributed by atoms with van der Waals surface area (Å²) in [4.78, 5) is 18.6. The van der Waals surface area contributed by atoms with E-state index in [-0.39, 0.29) is 0 Å². The van der Waals surface area contributed by atoms with Crippen molar-refractivity contribution in [2.24, 2.45) is 0 Å². The first-order valence-corrected chi connectivity index (χ1v) is 15.9. The Bertz CT molecular complexity index is 2180. The number of benzene rings is 5. The molecule has 3 heterocycles. The summed E-state index contributed by atoms with van der Waals surface area (Å²) in [6.07, 6.45) is 7.32. The molecule has 0 saturated carbocycles. The molecule has 0 N–H and O–H groups in total. The molecule has 48 heavy (non-hydrogen) atoms. The highest BCUT2D eigenvalue weighted by atomic mass is 14.9. The number of aromatic nitrogens is 4. The predicted octanol–water partition coefficient (Wildman–Crippen LogP) is 10.9. The Kier molecular flexibility index (Phi) is 7.87. The molecule has 4 nitrogen and oxygen atoms in total. The van der Waals surface area contributed by atoms with Crippen molar-refractivity contribution in [1.82, 2.24) is 19.9 Å². The first-order chi connectivity index (χ1) is 23.8. The summed E-state index contributed by atoms with van der Waals surface area (Å²) in [5.74, 6) is 0.684. The molecule has 8 rings (SSSR count). The first-order valence-electron chi connectivity index (χ1n) is 15.9. The van der Waals surface area contributed by atoms with E-state index in [1.165, 1.54) is 11.1 Å². The maximum absolute atomic E-state index is 5.10. The maximum atomic E-state index is 5.10. The third kappa shape index (κ3) is 6.15. The minimum Gasteiger partial charge on any atom is -0.265 e. The number of hydrogen-bond acceptors (Lipinski definition) is 4. The van der Waals surface area contributed by atoms with E-state index in [0.717, 1.165) is 61.5 Å². The second-order valence-electron chi connectivity index (χ2n) is 11.6. The summed E-state index contributed by atoms with van der Waals surface area (Å²) in [5.41, 5.74) is 13.9. The predicted molar refractivity (Wildman–Crippen MR) is 196 cm³/mol. The van der Waals surface area contributed by atoms with Crippen LogP contribution in [-0.4, -0.2) is 19.9 Å². The molecule has 226 valence electrons. The van der Waals surface area contributed by atoms with Crippen molar-refractivity contribution >= 4 is 0 Å². The number of pyridine rings is 2. The first kappa shape index (κ1) is 28.9. The van der Waals surface area contributed by atoms with Gasteiger partial charge in [0.2, 0.25) is 0 Å². The van der Waals surface area contributed by atoms with E-state index in [4.69, 9.17) is 9.97 Å². The summed E-state index contributed by atoms with van der Waals surface area (Å²) in [5, 5.41) is 0. The van der Waals surface area contributed by atoms with E-state index < -0.39 is 0 Å². The zero-order valence-corrected chi connectivity index (χ0v) is 26.1. The van der Waals surface area contributed by atoms with Gasteiger partial charge >= 0.3 is 0 Å². The van der Waals surface area contributed by atoms with Gasteiger partial charge < -0.3 is 0 Å². The summed E-state index contributed by atoms with van der Waals surface area (Å²) >= 11 is 0. The number of nitrogens with zero attached hydrogens (tertiary/aromatic N) is 4. The Labute approximate surface area is 280 Å². The monoisotopic (exact) mass is 614 g/mol. The minimum absolute atomic E-state index is 0.684. The molecule has 3 aromatic heterocycles. The van der Waals surface area contributed by atoms with Gasteiger partial charge in [0.1, 0.15) is 0 Å². The molecular formula is C44H30N4. The molecule has 0 bridgehead atoms. The molecule has 5 aromatic carbocycles. The van der Waals surface area contributed by atoms with Crippen molar-refractivity contribution in [3.63, 3.8) is 0 Å². The molecule has 4 heteroatoms. The van der Waals surface area contributed by atoms with Crippen molar-refractivity contribution < 1.29 is 0 Å². The minimum atomic E-state index is 0.684. The van der Waals surface area contributed by atoms with Crippen LogP contribution in [0, 0.1) is 0 Å². The van der Waals surface area contributed by atoms with E-state index >= 15 is 0 Å². The van der Waals surface area contributed by atoms with Crippen molar-refractivity contribution in [2.45, 2.75) is 0 Å². The van der Waals surface area contributed by atoms with Crippen LogP contribution in [0.5, 0.6) is 0 Å². The molecule has 0 unspecified atom stereocenters. The average Bonchev–Trinajstić information content (AvgIpc) is 3.19. The molecule has 0 aliphatic carbocycles. The summed E-state index contributed by atoms with van der Waals surface area (Å²) in [6, 6.07) is 54.8. The van der Waals surface area contributed by atoms with Crippen LogP contribution in [0.2, 0.25) is 0 Å². The van der Waals surface area contributed by atoms with Crippen LogP contribution in [0.1, 0.15) is 0 Å². The molecule has 0 atom stereocenters. The fourth-order valence-corrected chi connectivity index (χ4v) is 5.94. The lowest BCUT2D eigenvalue weighted by molar-refractivity contribution is 1.18. The highest BCUT2D eigenvalue weighted by Gasteiger charge is 2.12. The molecule has 8 aromatic rings. The molecular weight excluding hydrogens is 585 g/mol. The highest BCUT2D eigenvalue weighted by Crippen LogP contribution is 2.32. The Morgan fingerprint density at radius 1 is 0.271 bits per heavy atom. The quantitative estimate of drug-likeness (QED) is 0.179. The van der Waals surface area contributed by atoms with Gasteiger partial charge in [0.05, 0.1) is 11.4 Å². The van der Waals surface area contributed by atoms with Gasteiger partial charge in [-0.1, -0.05) is 127 Å². The third-order valence-corrected chi connectivity index (χ3v) is 8.54. The van der Waals surface area contributed by atoms with Crippen LogP contribution in [0.3, 0.4) is 0 Å². The van der Waals surface area contributed by atoms with Crippen molar-refractivity contribution in [1.29, 1.82) is 0 Å². The zero-order valence-electron chi connectivity index (χ0n) is 26.1. The third-order valence-electron chi connectivity index (χ3n) is 8.54. The average molecular weight is 615 g/mol. The van der Waals surface area contributed by atoms with E-state index in [9.17, 15) is 0 Å². The van der Waals surface area contributed by atoms with E-state index in [1.807, 2.05) is 42.9 Å². The van der Waals surface area contributed by atoms with Crippen molar-refractivity contribution in [3.05, 3.63) is 183 Å². The fourth-order valence-electron chi connectivity index (χ4n) is 5.94. The van der Waals surface area contributed by atoms with E-state index in [1.54, 1.807) is 6.20 Å². The van der Waals surface area contributed by atoms with Gasteiger partial charge in [-0.2, -0.15) is 0 Å². The fraction of sp³-hybridized carbons (Fsp3) is 0. The van der Waals surface area contributed by atoms with Gasteiger partial charge in [0.25, 0.3) is 0 Å². The summed E-state index contributed by atoms with van der Waals surface area (Å²) in [7, 11) is 0. The van der Waals surface area contributed by atoms with Crippen LogP contribution in [0.25, 0.3) is 78.4 Å². The van der Waals surface area contributed by atoms with Gasteiger partial charge in [0.15, 0.2) is 5.82 Å². The van der Waals surface area contributed by atoms with Crippen molar-refractivity contribution in [3.8, 4) is 78.4 Å². The maximum Gasteiger partial charge on any atom is 0.160 e. The van der Waals surface area contributed by atoms with Crippen LogP contribution >= 0.6 is 0 Å². The van der Waals surface area contributed by atoms with Gasteiger partial charge in [-0.25, -0.2) is 9.97 Å². The SMILES string of the molecule is c1ccc(-c2ccc(-c3cc(-c4ccc(-c5cccc(-c6cccnc6)c5)cc4)nc(-c4ccc(-c5ccncc5)cc4)n3)cc2)cc1. The number of rotatable bonds is 7. The Morgan fingerprint density at radius 3 is 1.31 bits per heavy atom. The zero-order chi connectivity index (χ0) is 32.1. The Hall–Kier alpha value is -6.52. The summed E-state index contributed by atoms with van der Waals surface area (Å²) in [6.45, 7) is 0. The van der Waals surface area contributed by atoms with Crippen LogP contribution in [0.4, 0.5) is 0 Å². The van der Waals surface area contributed by atoms with Gasteiger partial charge in [-0.15, -0.1) is 0 Å². The topological polar surface area (TPSA) is 51.6 Å². The number of hydrogen-bond donors (Lipinski definition) is 0. The molecule has 0 saturated heterocycles.